The third-order valence-electron chi connectivity index (χ3n) is 2.78. The third kappa shape index (κ3) is 3.08. The fourth-order valence-corrected chi connectivity index (χ4v) is 1.75. The van der Waals surface area contributed by atoms with Crippen molar-refractivity contribution in [3.8, 4) is 0 Å². The van der Waals surface area contributed by atoms with E-state index in [0.29, 0.717) is 11.6 Å². The summed E-state index contributed by atoms with van der Waals surface area (Å²) in [5, 5.41) is 13.8. The molecule has 5 nitrogen and oxygen atoms in total. The smallest absolute Gasteiger partial charge is 0.320 e. The number of aromatic nitrogens is 2. The van der Waals surface area contributed by atoms with Crippen LogP contribution >= 0.6 is 0 Å². The summed E-state index contributed by atoms with van der Waals surface area (Å²) in [6, 6.07) is 5.00. The minimum atomic E-state index is -0.348. The molecule has 102 valence electrons. The molecule has 1 heterocycles. The second-order valence-electron chi connectivity index (χ2n) is 4.28. The Labute approximate surface area is 111 Å². The van der Waals surface area contributed by atoms with Crippen molar-refractivity contribution in [2.75, 3.05) is 11.9 Å². The van der Waals surface area contributed by atoms with E-state index in [1.54, 1.807) is 6.07 Å². The first-order valence-electron chi connectivity index (χ1n) is 6.20. The summed E-state index contributed by atoms with van der Waals surface area (Å²) in [6.07, 6.45) is 0. The van der Waals surface area contributed by atoms with Crippen molar-refractivity contribution < 1.29 is 8.81 Å². The summed E-state index contributed by atoms with van der Waals surface area (Å²) in [4.78, 5) is 0. The van der Waals surface area contributed by atoms with Crippen LogP contribution in [0.3, 0.4) is 0 Å². The number of hydrogen-bond acceptors (Lipinski definition) is 5. The number of benzene rings is 1. The molecule has 0 aliphatic rings. The van der Waals surface area contributed by atoms with E-state index in [1.165, 1.54) is 6.07 Å². The zero-order valence-electron chi connectivity index (χ0n) is 11.2. The maximum Gasteiger partial charge on any atom is 0.320 e. The zero-order valence-corrected chi connectivity index (χ0v) is 11.2. The van der Waals surface area contributed by atoms with Gasteiger partial charge in [0.2, 0.25) is 5.89 Å². The van der Waals surface area contributed by atoms with Gasteiger partial charge in [-0.15, -0.1) is 5.10 Å². The highest BCUT2D eigenvalue weighted by atomic mass is 19.1. The summed E-state index contributed by atoms with van der Waals surface area (Å²) >= 11 is 0. The summed E-state index contributed by atoms with van der Waals surface area (Å²) in [5.41, 5.74) is 1.13. The van der Waals surface area contributed by atoms with Crippen molar-refractivity contribution in [2.24, 2.45) is 0 Å². The van der Waals surface area contributed by atoms with Crippen LogP contribution in [-0.4, -0.2) is 16.7 Å². The van der Waals surface area contributed by atoms with Crippen LogP contribution in [0.4, 0.5) is 16.1 Å². The largest absolute Gasteiger partial charge is 0.406 e. The molecule has 0 aliphatic carbocycles. The van der Waals surface area contributed by atoms with E-state index >= 15 is 0 Å². The number of nitrogens with one attached hydrogen (secondary N) is 2. The molecular formula is C13H17FN4O. The Kier molecular flexibility index (Phi) is 4.11. The normalized spacial score (nSPS) is 12.4. The molecule has 1 atom stereocenters. The van der Waals surface area contributed by atoms with Gasteiger partial charge in [0.1, 0.15) is 5.82 Å². The molecule has 0 bridgehead atoms. The Hall–Kier alpha value is -1.95. The number of rotatable bonds is 5. The monoisotopic (exact) mass is 264 g/mol. The molecule has 0 saturated heterocycles. The van der Waals surface area contributed by atoms with Gasteiger partial charge in [0.05, 0.1) is 11.7 Å². The molecule has 1 unspecified atom stereocenters. The number of para-hydroxylation sites is 1. The maximum absolute atomic E-state index is 13.7. The van der Waals surface area contributed by atoms with Crippen LogP contribution < -0.4 is 10.6 Å². The molecule has 0 fully saturated rings. The van der Waals surface area contributed by atoms with Gasteiger partial charge in [-0.2, -0.15) is 0 Å². The maximum atomic E-state index is 13.7. The lowest BCUT2D eigenvalue weighted by Crippen LogP contribution is -2.17. The van der Waals surface area contributed by atoms with Crippen molar-refractivity contribution in [3.63, 3.8) is 0 Å². The first-order chi connectivity index (χ1) is 9.11. The van der Waals surface area contributed by atoms with Gasteiger partial charge in [-0.3, -0.25) is 0 Å². The molecule has 2 N–H and O–H groups in total. The molecule has 1 aromatic carbocycles. The molecule has 0 saturated carbocycles. The highest BCUT2D eigenvalue weighted by molar-refractivity contribution is 5.57. The van der Waals surface area contributed by atoms with Crippen LogP contribution in [0.5, 0.6) is 0 Å². The molecule has 0 radical (unpaired) electrons. The molecule has 1 aromatic heterocycles. The standard InChI is InChI=1S/C13H17FN4O/c1-4-15-9(3)12-17-18-13(19-12)16-11-8(2)6-5-7-10(11)14/h5-7,9,15H,4H2,1-3H3,(H,16,18). The third-order valence-corrected chi connectivity index (χ3v) is 2.78. The van der Waals surface area contributed by atoms with Crippen molar-refractivity contribution in [3.05, 3.63) is 35.5 Å². The molecular weight excluding hydrogens is 247 g/mol. The van der Waals surface area contributed by atoms with Gasteiger partial charge in [0, 0.05) is 0 Å². The molecule has 2 aromatic rings. The summed E-state index contributed by atoms with van der Waals surface area (Å²) < 4.78 is 19.1. The van der Waals surface area contributed by atoms with Gasteiger partial charge in [0.25, 0.3) is 0 Å². The van der Waals surface area contributed by atoms with Gasteiger partial charge >= 0.3 is 6.01 Å². The second kappa shape index (κ2) is 5.79. The molecule has 0 aliphatic heterocycles. The first-order valence-corrected chi connectivity index (χ1v) is 6.20. The van der Waals surface area contributed by atoms with Gasteiger partial charge < -0.3 is 15.1 Å². The van der Waals surface area contributed by atoms with E-state index < -0.39 is 0 Å². The van der Waals surface area contributed by atoms with E-state index in [4.69, 9.17) is 4.42 Å². The average molecular weight is 264 g/mol. The lowest BCUT2D eigenvalue weighted by atomic mass is 10.2. The fourth-order valence-electron chi connectivity index (χ4n) is 1.75. The van der Waals surface area contributed by atoms with Crippen LogP contribution in [0.1, 0.15) is 31.3 Å². The van der Waals surface area contributed by atoms with Crippen LogP contribution in [0.2, 0.25) is 0 Å². The van der Waals surface area contributed by atoms with Gasteiger partial charge in [0.15, 0.2) is 0 Å². The van der Waals surface area contributed by atoms with E-state index in [-0.39, 0.29) is 17.9 Å². The lowest BCUT2D eigenvalue weighted by Gasteiger charge is -2.07. The zero-order chi connectivity index (χ0) is 13.8. The van der Waals surface area contributed by atoms with E-state index in [2.05, 4.69) is 20.8 Å². The summed E-state index contributed by atoms with van der Waals surface area (Å²) in [5.74, 6) is 0.123. The number of aryl methyl sites for hydroxylation is 1. The molecule has 6 heteroatoms. The fraction of sp³-hybridized carbons (Fsp3) is 0.385. The van der Waals surface area contributed by atoms with Crippen LogP contribution in [0, 0.1) is 12.7 Å². The van der Waals surface area contributed by atoms with Gasteiger partial charge in [-0.25, -0.2) is 4.39 Å². The topological polar surface area (TPSA) is 63.0 Å². The van der Waals surface area contributed by atoms with Crippen LogP contribution in [-0.2, 0) is 0 Å². The predicted molar refractivity (Wildman–Crippen MR) is 70.8 cm³/mol. The van der Waals surface area contributed by atoms with Gasteiger partial charge in [-0.05, 0) is 32.0 Å². The minimum absolute atomic E-state index is 0.0326. The Morgan fingerprint density at radius 1 is 1.37 bits per heavy atom. The SMILES string of the molecule is CCNC(C)c1nnc(Nc2c(C)cccc2F)o1. The summed E-state index contributed by atoms with van der Waals surface area (Å²) in [7, 11) is 0. The Morgan fingerprint density at radius 2 is 2.16 bits per heavy atom. The van der Waals surface area contributed by atoms with Crippen molar-refractivity contribution in [2.45, 2.75) is 26.8 Å². The molecule has 19 heavy (non-hydrogen) atoms. The lowest BCUT2D eigenvalue weighted by molar-refractivity contribution is 0.430. The molecule has 0 amide bonds. The van der Waals surface area contributed by atoms with E-state index in [1.807, 2.05) is 26.8 Å². The Balaban J connectivity index is 2.16. The first kappa shape index (κ1) is 13.5. The highest BCUT2D eigenvalue weighted by Crippen LogP contribution is 2.23. The number of anilines is 2. The Morgan fingerprint density at radius 3 is 2.84 bits per heavy atom. The molecule has 0 spiro atoms. The average Bonchev–Trinajstić information content (AvgIpc) is 2.83. The Bertz CT molecular complexity index is 535. The molecule has 2 rings (SSSR count). The van der Waals surface area contributed by atoms with E-state index in [9.17, 15) is 4.39 Å². The van der Waals surface area contributed by atoms with E-state index in [0.717, 1.165) is 12.1 Å². The van der Waals surface area contributed by atoms with Crippen molar-refractivity contribution in [1.29, 1.82) is 0 Å². The number of nitrogens with zero attached hydrogens (tertiary/aromatic N) is 2. The summed E-state index contributed by atoms with van der Waals surface area (Å²) in [6.45, 7) is 6.53. The number of halogens is 1. The highest BCUT2D eigenvalue weighted by Gasteiger charge is 2.14. The van der Waals surface area contributed by atoms with Crippen molar-refractivity contribution in [1.82, 2.24) is 15.5 Å². The predicted octanol–water partition coefficient (Wildman–Crippen LogP) is 2.93. The van der Waals surface area contributed by atoms with Crippen LogP contribution in [0.25, 0.3) is 0 Å². The van der Waals surface area contributed by atoms with Gasteiger partial charge in [-0.1, -0.05) is 24.2 Å². The van der Waals surface area contributed by atoms with Crippen molar-refractivity contribution >= 4 is 11.7 Å². The minimum Gasteiger partial charge on any atom is -0.406 e. The van der Waals surface area contributed by atoms with Crippen LogP contribution in [0.15, 0.2) is 22.6 Å². The number of hydrogen-bond donors (Lipinski definition) is 2. The second-order valence-corrected chi connectivity index (χ2v) is 4.28. The quantitative estimate of drug-likeness (QED) is 0.869.